The van der Waals surface area contributed by atoms with E-state index in [1.54, 1.807) is 0 Å². The molecule has 2 nitrogen and oxygen atoms in total. The summed E-state index contributed by atoms with van der Waals surface area (Å²) in [5.74, 6) is 0. The van der Waals surface area contributed by atoms with Gasteiger partial charge in [-0.05, 0) is 57.4 Å². The van der Waals surface area contributed by atoms with Gasteiger partial charge >= 0.3 is 0 Å². The summed E-state index contributed by atoms with van der Waals surface area (Å²) in [5, 5.41) is 3.77. The topological polar surface area (TPSA) is 15.3 Å². The molecule has 4 atom stereocenters. The highest BCUT2D eigenvalue weighted by Gasteiger charge is 2.43. The van der Waals surface area contributed by atoms with Crippen molar-refractivity contribution in [3.8, 4) is 0 Å². The Balaban J connectivity index is 2.15. The minimum absolute atomic E-state index is 0.525. The van der Waals surface area contributed by atoms with Crippen molar-refractivity contribution < 1.29 is 0 Å². The van der Waals surface area contributed by atoms with Crippen LogP contribution in [0.2, 0.25) is 0 Å². The molecule has 112 valence electrons. The van der Waals surface area contributed by atoms with Crippen LogP contribution in [0.1, 0.15) is 73.1 Å². The molecule has 2 heteroatoms. The number of hydrogen-bond acceptors (Lipinski definition) is 2. The van der Waals surface area contributed by atoms with Crippen LogP contribution < -0.4 is 5.32 Å². The van der Waals surface area contributed by atoms with E-state index in [1.807, 2.05) is 0 Å². The molecule has 2 rings (SSSR count). The molecule has 0 aromatic rings. The second-order valence-corrected chi connectivity index (χ2v) is 7.57. The van der Waals surface area contributed by atoms with Crippen molar-refractivity contribution in [1.82, 2.24) is 10.2 Å². The molecule has 2 fully saturated rings. The third-order valence-corrected chi connectivity index (χ3v) is 5.53. The Hall–Kier alpha value is -0.0800. The molecular weight excluding hydrogens is 232 g/mol. The van der Waals surface area contributed by atoms with Gasteiger partial charge in [0.1, 0.15) is 0 Å². The van der Waals surface area contributed by atoms with E-state index in [0.717, 1.165) is 24.7 Å². The number of hydrogen-bond donors (Lipinski definition) is 1. The Bertz CT molecular complexity index is 287. The molecule has 4 unspecified atom stereocenters. The number of rotatable bonds is 4. The maximum atomic E-state index is 3.77. The first-order valence-corrected chi connectivity index (χ1v) is 8.49. The van der Waals surface area contributed by atoms with E-state index in [4.69, 9.17) is 0 Å². The third kappa shape index (κ3) is 3.33. The molecule has 1 heterocycles. The lowest BCUT2D eigenvalue weighted by Crippen LogP contribution is -2.57. The van der Waals surface area contributed by atoms with E-state index in [-0.39, 0.29) is 0 Å². The highest BCUT2D eigenvalue weighted by Crippen LogP contribution is 2.41. The summed E-state index contributed by atoms with van der Waals surface area (Å²) in [7, 11) is 0. The molecule has 0 aromatic heterocycles. The Morgan fingerprint density at radius 2 is 1.89 bits per heavy atom. The molecule has 0 spiro atoms. The maximum Gasteiger partial charge on any atom is 0.0260 e. The van der Waals surface area contributed by atoms with Gasteiger partial charge in [-0.15, -0.1) is 0 Å². The number of likely N-dealkylation sites (N-methyl/N-ethyl adjacent to an activating group) is 1. The van der Waals surface area contributed by atoms with Crippen LogP contribution in [-0.4, -0.2) is 35.6 Å². The first-order chi connectivity index (χ1) is 8.98. The molecule has 1 saturated carbocycles. The number of nitrogens with zero attached hydrogens (tertiary/aromatic N) is 1. The van der Waals surface area contributed by atoms with Crippen LogP contribution in [0.5, 0.6) is 0 Å². The van der Waals surface area contributed by atoms with E-state index in [2.05, 4.69) is 44.8 Å². The number of nitrogens with one attached hydrogen (secondary N) is 1. The van der Waals surface area contributed by atoms with Crippen LogP contribution in [0.3, 0.4) is 0 Å². The summed E-state index contributed by atoms with van der Waals surface area (Å²) < 4.78 is 0. The van der Waals surface area contributed by atoms with Gasteiger partial charge in [0.15, 0.2) is 0 Å². The zero-order valence-corrected chi connectivity index (χ0v) is 13.7. The summed E-state index contributed by atoms with van der Waals surface area (Å²) in [5.41, 5.74) is 0.525. The molecule has 2 aliphatic rings. The minimum Gasteiger partial charge on any atom is -0.313 e. The van der Waals surface area contributed by atoms with Gasteiger partial charge < -0.3 is 5.32 Å². The SMILES string of the molecule is CCNC1CCC(C)(C)CC1N1C(C)CCC1CC. The predicted octanol–water partition coefficient (Wildman–Crippen LogP) is 3.81. The van der Waals surface area contributed by atoms with Gasteiger partial charge in [-0.25, -0.2) is 0 Å². The largest absolute Gasteiger partial charge is 0.313 e. The smallest absolute Gasteiger partial charge is 0.0260 e. The average molecular weight is 266 g/mol. The monoisotopic (exact) mass is 266 g/mol. The van der Waals surface area contributed by atoms with E-state index in [0.29, 0.717) is 11.5 Å². The molecular formula is C17H34N2. The van der Waals surface area contributed by atoms with Crippen LogP contribution >= 0.6 is 0 Å². The summed E-state index contributed by atoms with van der Waals surface area (Å²) in [6.45, 7) is 13.1. The zero-order chi connectivity index (χ0) is 14.0. The summed E-state index contributed by atoms with van der Waals surface area (Å²) in [6, 6.07) is 3.08. The fraction of sp³-hybridized carbons (Fsp3) is 1.00. The van der Waals surface area contributed by atoms with Crippen molar-refractivity contribution >= 4 is 0 Å². The Morgan fingerprint density at radius 1 is 1.16 bits per heavy atom. The molecule has 1 aliphatic carbocycles. The van der Waals surface area contributed by atoms with Gasteiger partial charge in [0.2, 0.25) is 0 Å². The van der Waals surface area contributed by atoms with Crippen LogP contribution in [0.15, 0.2) is 0 Å². The van der Waals surface area contributed by atoms with Gasteiger partial charge in [-0.3, -0.25) is 4.90 Å². The zero-order valence-electron chi connectivity index (χ0n) is 13.7. The number of likely N-dealkylation sites (tertiary alicyclic amines) is 1. The van der Waals surface area contributed by atoms with Crippen LogP contribution in [0.25, 0.3) is 0 Å². The summed E-state index contributed by atoms with van der Waals surface area (Å²) in [4.78, 5) is 2.88. The van der Waals surface area contributed by atoms with E-state index in [9.17, 15) is 0 Å². The van der Waals surface area contributed by atoms with Gasteiger partial charge in [-0.2, -0.15) is 0 Å². The van der Waals surface area contributed by atoms with Crippen molar-refractivity contribution in [3.05, 3.63) is 0 Å². The quantitative estimate of drug-likeness (QED) is 0.832. The fourth-order valence-corrected chi connectivity index (χ4v) is 4.47. The Labute approximate surface area is 120 Å². The van der Waals surface area contributed by atoms with Crippen LogP contribution in [-0.2, 0) is 0 Å². The molecule has 0 bridgehead atoms. The van der Waals surface area contributed by atoms with Crippen molar-refractivity contribution in [1.29, 1.82) is 0 Å². The second-order valence-electron chi connectivity index (χ2n) is 7.57. The third-order valence-electron chi connectivity index (χ3n) is 5.53. The Morgan fingerprint density at radius 3 is 2.53 bits per heavy atom. The Kier molecular flexibility index (Phi) is 4.94. The lowest BCUT2D eigenvalue weighted by Gasteiger charge is -2.48. The maximum absolute atomic E-state index is 3.77. The molecule has 0 aromatic carbocycles. The van der Waals surface area contributed by atoms with Gasteiger partial charge in [0.05, 0.1) is 0 Å². The lowest BCUT2D eigenvalue weighted by atomic mass is 9.72. The van der Waals surface area contributed by atoms with Crippen LogP contribution in [0.4, 0.5) is 0 Å². The van der Waals surface area contributed by atoms with E-state index in [1.165, 1.54) is 38.5 Å². The first-order valence-electron chi connectivity index (χ1n) is 8.49. The molecule has 1 aliphatic heterocycles. The molecule has 0 radical (unpaired) electrons. The van der Waals surface area contributed by atoms with E-state index < -0.39 is 0 Å². The van der Waals surface area contributed by atoms with Gasteiger partial charge in [0.25, 0.3) is 0 Å². The normalized spacial score (nSPS) is 39.6. The van der Waals surface area contributed by atoms with E-state index >= 15 is 0 Å². The molecule has 19 heavy (non-hydrogen) atoms. The summed E-state index contributed by atoms with van der Waals surface area (Å²) in [6.07, 6.45) is 8.22. The van der Waals surface area contributed by atoms with Crippen molar-refractivity contribution in [2.24, 2.45) is 5.41 Å². The molecule has 0 amide bonds. The van der Waals surface area contributed by atoms with Crippen LogP contribution in [0, 0.1) is 5.41 Å². The lowest BCUT2D eigenvalue weighted by molar-refractivity contribution is 0.0349. The minimum atomic E-state index is 0.525. The predicted molar refractivity (Wildman–Crippen MR) is 83.5 cm³/mol. The molecule has 1 N–H and O–H groups in total. The average Bonchev–Trinajstić information content (AvgIpc) is 2.72. The molecule has 1 saturated heterocycles. The highest BCUT2D eigenvalue weighted by atomic mass is 15.3. The van der Waals surface area contributed by atoms with Crippen molar-refractivity contribution in [2.45, 2.75) is 97.3 Å². The van der Waals surface area contributed by atoms with Crippen molar-refractivity contribution in [3.63, 3.8) is 0 Å². The second kappa shape index (κ2) is 6.13. The first kappa shape index (κ1) is 15.3. The van der Waals surface area contributed by atoms with Gasteiger partial charge in [-0.1, -0.05) is 27.7 Å². The highest BCUT2D eigenvalue weighted by molar-refractivity contribution is 4.99. The standard InChI is InChI=1S/C17H34N2/c1-6-14-9-8-13(3)19(14)16-12-17(4,5)11-10-15(16)18-7-2/h13-16,18H,6-12H2,1-5H3. The fourth-order valence-electron chi connectivity index (χ4n) is 4.47. The van der Waals surface area contributed by atoms with Crippen molar-refractivity contribution in [2.75, 3.05) is 6.54 Å². The summed E-state index contributed by atoms with van der Waals surface area (Å²) >= 11 is 0. The van der Waals surface area contributed by atoms with Gasteiger partial charge in [0, 0.05) is 24.2 Å².